The Morgan fingerprint density at radius 1 is 1.32 bits per heavy atom. The summed E-state index contributed by atoms with van der Waals surface area (Å²) in [6.45, 7) is 11.2. The predicted molar refractivity (Wildman–Crippen MR) is 81.1 cm³/mol. The van der Waals surface area contributed by atoms with Crippen LogP contribution in [0, 0.1) is 12.8 Å². The molecule has 0 saturated carbocycles. The normalized spacial score (nSPS) is 14.0. The molecule has 0 amide bonds. The summed E-state index contributed by atoms with van der Waals surface area (Å²) in [7, 11) is -3.43. The second-order valence-corrected chi connectivity index (χ2v) is 7.72. The summed E-state index contributed by atoms with van der Waals surface area (Å²) >= 11 is 1.50. The van der Waals surface area contributed by atoms with Gasteiger partial charge in [-0.15, -0.1) is 11.3 Å². The summed E-state index contributed by atoms with van der Waals surface area (Å²) in [6, 6.07) is -0.0729. The van der Waals surface area contributed by atoms with E-state index in [0.717, 1.165) is 17.0 Å². The maximum absolute atomic E-state index is 12.5. The molecule has 1 heterocycles. The standard InChI is InChI=1S/C13H24N2O2S2/c1-6-14-7-12-13(10(4)8-18-12)19(16,17)15-11(5)9(2)3/h8-9,11,14-15H,6-7H2,1-5H3. The molecule has 0 spiro atoms. The molecule has 0 aliphatic carbocycles. The molecule has 0 aliphatic rings. The Morgan fingerprint density at radius 2 is 1.95 bits per heavy atom. The summed E-state index contributed by atoms with van der Waals surface area (Å²) in [5.41, 5.74) is 0.821. The van der Waals surface area contributed by atoms with E-state index >= 15 is 0 Å². The summed E-state index contributed by atoms with van der Waals surface area (Å²) in [5, 5.41) is 5.09. The van der Waals surface area contributed by atoms with Gasteiger partial charge in [-0.2, -0.15) is 0 Å². The van der Waals surface area contributed by atoms with Crippen molar-refractivity contribution in [3.8, 4) is 0 Å². The fourth-order valence-electron chi connectivity index (χ4n) is 1.65. The van der Waals surface area contributed by atoms with Crippen molar-refractivity contribution in [1.29, 1.82) is 0 Å². The minimum absolute atomic E-state index is 0.0729. The molecule has 1 atom stereocenters. The molecule has 19 heavy (non-hydrogen) atoms. The van der Waals surface area contributed by atoms with E-state index in [1.165, 1.54) is 11.3 Å². The highest BCUT2D eigenvalue weighted by Crippen LogP contribution is 2.27. The quantitative estimate of drug-likeness (QED) is 0.813. The number of sulfonamides is 1. The van der Waals surface area contributed by atoms with E-state index in [4.69, 9.17) is 0 Å². The van der Waals surface area contributed by atoms with E-state index in [1.807, 2.05) is 40.0 Å². The van der Waals surface area contributed by atoms with Crippen LogP contribution < -0.4 is 10.0 Å². The first-order chi connectivity index (χ1) is 8.79. The van der Waals surface area contributed by atoms with Crippen LogP contribution in [0.2, 0.25) is 0 Å². The van der Waals surface area contributed by atoms with Crippen molar-refractivity contribution in [2.45, 2.75) is 52.1 Å². The van der Waals surface area contributed by atoms with Crippen LogP contribution in [0.25, 0.3) is 0 Å². The van der Waals surface area contributed by atoms with Gasteiger partial charge in [0.15, 0.2) is 0 Å². The molecular formula is C13H24N2O2S2. The monoisotopic (exact) mass is 304 g/mol. The predicted octanol–water partition coefficient (Wildman–Crippen LogP) is 2.49. The Kier molecular flexibility index (Phi) is 5.98. The lowest BCUT2D eigenvalue weighted by molar-refractivity contribution is 0.476. The average molecular weight is 304 g/mol. The number of rotatable bonds is 7. The second kappa shape index (κ2) is 6.83. The van der Waals surface area contributed by atoms with Crippen molar-refractivity contribution in [1.82, 2.24) is 10.0 Å². The highest BCUT2D eigenvalue weighted by atomic mass is 32.2. The van der Waals surface area contributed by atoms with Crippen LogP contribution in [0.15, 0.2) is 10.3 Å². The van der Waals surface area contributed by atoms with Crippen molar-refractivity contribution in [2.75, 3.05) is 6.54 Å². The van der Waals surface area contributed by atoms with Gasteiger partial charge >= 0.3 is 0 Å². The highest BCUT2D eigenvalue weighted by Gasteiger charge is 2.25. The lowest BCUT2D eigenvalue weighted by Gasteiger charge is -2.18. The minimum atomic E-state index is -3.43. The minimum Gasteiger partial charge on any atom is -0.312 e. The molecule has 1 aromatic rings. The third-order valence-corrected chi connectivity index (χ3v) is 6.16. The molecule has 0 saturated heterocycles. The number of nitrogens with one attached hydrogen (secondary N) is 2. The molecule has 1 aromatic heterocycles. The van der Waals surface area contributed by atoms with Gasteiger partial charge in [-0.3, -0.25) is 0 Å². The van der Waals surface area contributed by atoms with Crippen LogP contribution in [0.1, 0.15) is 38.1 Å². The molecule has 0 aromatic carbocycles. The van der Waals surface area contributed by atoms with Gasteiger partial charge in [0, 0.05) is 17.5 Å². The van der Waals surface area contributed by atoms with Gasteiger partial charge in [-0.1, -0.05) is 20.8 Å². The Bertz CT molecular complexity index is 507. The van der Waals surface area contributed by atoms with Gasteiger partial charge in [-0.25, -0.2) is 13.1 Å². The zero-order valence-electron chi connectivity index (χ0n) is 12.3. The lowest BCUT2D eigenvalue weighted by atomic mass is 10.1. The second-order valence-electron chi connectivity index (χ2n) is 5.11. The highest BCUT2D eigenvalue weighted by molar-refractivity contribution is 7.89. The van der Waals surface area contributed by atoms with Crippen LogP contribution >= 0.6 is 11.3 Å². The van der Waals surface area contributed by atoms with Crippen LogP contribution in [0.4, 0.5) is 0 Å². The molecule has 2 N–H and O–H groups in total. The summed E-state index contributed by atoms with van der Waals surface area (Å²) < 4.78 is 27.7. The summed E-state index contributed by atoms with van der Waals surface area (Å²) in [6.07, 6.45) is 0. The average Bonchev–Trinajstić information content (AvgIpc) is 2.67. The molecule has 0 aliphatic heterocycles. The molecule has 6 heteroatoms. The Balaban J connectivity index is 3.03. The van der Waals surface area contributed by atoms with E-state index < -0.39 is 10.0 Å². The number of aryl methyl sites for hydroxylation is 1. The first-order valence-electron chi connectivity index (χ1n) is 6.59. The van der Waals surface area contributed by atoms with Crippen molar-refractivity contribution in [3.63, 3.8) is 0 Å². The van der Waals surface area contributed by atoms with Gasteiger partial charge in [-0.05, 0) is 37.3 Å². The maximum Gasteiger partial charge on any atom is 0.242 e. The first-order valence-corrected chi connectivity index (χ1v) is 8.95. The Labute approximate surface area is 120 Å². The molecule has 1 unspecified atom stereocenters. The van der Waals surface area contributed by atoms with Crippen LogP contribution in [-0.4, -0.2) is 21.0 Å². The number of thiophene rings is 1. The van der Waals surface area contributed by atoms with Crippen molar-refractivity contribution >= 4 is 21.4 Å². The van der Waals surface area contributed by atoms with Crippen LogP contribution in [0.3, 0.4) is 0 Å². The summed E-state index contributed by atoms with van der Waals surface area (Å²) in [4.78, 5) is 1.33. The third kappa shape index (κ3) is 4.27. The Hall–Kier alpha value is -0.430. The topological polar surface area (TPSA) is 58.2 Å². The SMILES string of the molecule is CCNCc1scc(C)c1S(=O)(=O)NC(C)C(C)C. The zero-order chi connectivity index (χ0) is 14.6. The lowest BCUT2D eigenvalue weighted by Crippen LogP contribution is -2.36. The molecule has 0 fully saturated rings. The number of hydrogen-bond donors (Lipinski definition) is 2. The van der Waals surface area contributed by atoms with Crippen molar-refractivity contribution in [3.05, 3.63) is 15.8 Å². The molecule has 4 nitrogen and oxygen atoms in total. The van der Waals surface area contributed by atoms with Crippen molar-refractivity contribution in [2.24, 2.45) is 5.92 Å². The van der Waals surface area contributed by atoms with Crippen molar-refractivity contribution < 1.29 is 8.42 Å². The van der Waals surface area contributed by atoms with Crippen LogP contribution in [0.5, 0.6) is 0 Å². The smallest absolute Gasteiger partial charge is 0.242 e. The molecule has 0 radical (unpaired) electrons. The number of hydrogen-bond acceptors (Lipinski definition) is 4. The zero-order valence-corrected chi connectivity index (χ0v) is 13.9. The molecule has 0 bridgehead atoms. The fourth-order valence-corrected chi connectivity index (χ4v) is 4.82. The van der Waals surface area contributed by atoms with E-state index in [0.29, 0.717) is 11.4 Å². The van der Waals surface area contributed by atoms with Crippen LogP contribution in [-0.2, 0) is 16.6 Å². The first kappa shape index (κ1) is 16.6. The van der Waals surface area contributed by atoms with Gasteiger partial charge in [0.1, 0.15) is 4.90 Å². The van der Waals surface area contributed by atoms with E-state index in [1.54, 1.807) is 0 Å². The van der Waals surface area contributed by atoms with Gasteiger partial charge in [0.25, 0.3) is 0 Å². The molecule has 1 rings (SSSR count). The Morgan fingerprint density at radius 3 is 2.47 bits per heavy atom. The molecule has 110 valence electrons. The van der Waals surface area contributed by atoms with E-state index in [2.05, 4.69) is 10.0 Å². The van der Waals surface area contributed by atoms with Gasteiger partial charge in [0.2, 0.25) is 10.0 Å². The largest absolute Gasteiger partial charge is 0.312 e. The third-order valence-electron chi connectivity index (χ3n) is 3.13. The molecular weight excluding hydrogens is 280 g/mol. The van der Waals surface area contributed by atoms with Gasteiger partial charge in [0.05, 0.1) is 0 Å². The summed E-state index contributed by atoms with van der Waals surface area (Å²) in [5.74, 6) is 0.269. The fraction of sp³-hybridized carbons (Fsp3) is 0.692. The van der Waals surface area contributed by atoms with E-state index in [-0.39, 0.29) is 12.0 Å². The van der Waals surface area contributed by atoms with Gasteiger partial charge < -0.3 is 5.32 Å². The maximum atomic E-state index is 12.5. The van der Waals surface area contributed by atoms with E-state index in [9.17, 15) is 8.42 Å².